The lowest BCUT2D eigenvalue weighted by Gasteiger charge is -2.37. The van der Waals surface area contributed by atoms with E-state index >= 15 is 4.11 Å². The smallest absolute Gasteiger partial charge is 0.264 e. The Bertz CT molecular complexity index is 2060. The fourth-order valence-corrected chi connectivity index (χ4v) is 11.2. The number of aliphatic hydroxyl groups excluding tert-OH is 1. The zero-order valence-electron chi connectivity index (χ0n) is 30.1. The molecule has 1 spiro atoms. The van der Waals surface area contributed by atoms with Gasteiger partial charge in [-0.05, 0) is 90.8 Å². The van der Waals surface area contributed by atoms with E-state index in [0.29, 0.717) is 46.2 Å². The predicted molar refractivity (Wildman–Crippen MR) is 204 cm³/mol. The van der Waals surface area contributed by atoms with Gasteiger partial charge in [-0.3, -0.25) is 14.4 Å². The Kier molecular flexibility index (Phi) is 9.96. The number of hydrogen-bond donors (Lipinski definition) is 2. The van der Waals surface area contributed by atoms with Crippen LogP contribution >= 0.6 is 11.6 Å². The summed E-state index contributed by atoms with van der Waals surface area (Å²) in [5, 5.41) is 13.6. The number of anilines is 2. The van der Waals surface area contributed by atoms with Gasteiger partial charge in [-0.25, -0.2) is 0 Å². The highest BCUT2D eigenvalue weighted by Crippen LogP contribution is 2.60. The van der Waals surface area contributed by atoms with Crippen LogP contribution in [0, 0.1) is 5.92 Å². The Labute approximate surface area is 314 Å². The van der Waals surface area contributed by atoms with Crippen molar-refractivity contribution in [3.63, 3.8) is 0 Å². The molecule has 4 aromatic rings. The highest BCUT2D eigenvalue weighted by Gasteiger charge is 2.67. The summed E-state index contributed by atoms with van der Waals surface area (Å²) in [6.07, 6.45) is -0.495. The van der Waals surface area contributed by atoms with Crippen LogP contribution in [-0.4, -0.2) is 62.0 Å². The number of fused-ring (bicyclic) bond motifs is 3. The first-order valence-electron chi connectivity index (χ1n) is 17.8. The first kappa shape index (κ1) is 36.8. The Morgan fingerprint density at radius 1 is 1.04 bits per heavy atom. The van der Waals surface area contributed by atoms with Crippen LogP contribution in [-0.2, 0) is 39.4 Å². The van der Waals surface area contributed by atoms with Crippen molar-refractivity contribution in [3.8, 4) is 5.75 Å². The average molecular weight is 756 g/mol. The van der Waals surface area contributed by atoms with E-state index in [2.05, 4.69) is 5.32 Å². The summed E-state index contributed by atoms with van der Waals surface area (Å²) in [6, 6.07) is 26.7. The maximum atomic E-state index is 16.5. The second kappa shape index (κ2) is 14.4. The molecule has 3 amide bonds. The third-order valence-electron chi connectivity index (χ3n) is 11.1. The minimum Gasteiger partial charge on any atom is -0.497 e. The number of carbonyl (C=O) groups is 3. The maximum absolute atomic E-state index is 16.5. The number of rotatable bonds is 9. The number of aliphatic hydroxyl groups is 1. The molecule has 0 radical (unpaired) electrons. The van der Waals surface area contributed by atoms with Crippen molar-refractivity contribution in [3.05, 3.63) is 124 Å². The van der Waals surface area contributed by atoms with Gasteiger partial charge in [-0.2, -0.15) is 0 Å². The van der Waals surface area contributed by atoms with Gasteiger partial charge in [0, 0.05) is 39.8 Å². The van der Waals surface area contributed by atoms with Gasteiger partial charge >= 0.3 is 0 Å². The number of benzene rings is 4. The number of methoxy groups -OCH3 is 1. The maximum Gasteiger partial charge on any atom is 0.264 e. The lowest BCUT2D eigenvalue weighted by atomic mass is 9.82. The van der Waals surface area contributed by atoms with Gasteiger partial charge in [0.25, 0.3) is 11.8 Å². The number of halogens is 2. The van der Waals surface area contributed by atoms with Crippen LogP contribution in [0.4, 0.5) is 15.5 Å². The first-order valence-corrected chi connectivity index (χ1v) is 21.2. The number of amides is 3. The van der Waals surface area contributed by atoms with Gasteiger partial charge in [0.05, 0.1) is 44.5 Å². The molecular weight excluding hydrogens is 713 g/mol. The van der Waals surface area contributed by atoms with Crippen molar-refractivity contribution in [2.24, 2.45) is 5.92 Å². The van der Waals surface area contributed by atoms with Gasteiger partial charge < -0.3 is 33.8 Å². The molecule has 53 heavy (non-hydrogen) atoms. The summed E-state index contributed by atoms with van der Waals surface area (Å²) in [5.74, 6) is -0.874. The Hall–Kier alpha value is -4.55. The number of nitrogens with zero attached hydrogens (tertiary/aromatic N) is 2. The third-order valence-corrected chi connectivity index (χ3v) is 13.8. The van der Waals surface area contributed by atoms with Crippen LogP contribution in [0.2, 0.25) is 23.7 Å². The summed E-state index contributed by atoms with van der Waals surface area (Å²) in [4.78, 5) is 45.3. The second-order valence-electron chi connectivity index (χ2n) is 14.7. The zero-order chi connectivity index (χ0) is 37.7. The first-order chi connectivity index (χ1) is 25.3. The molecule has 4 aromatic carbocycles. The van der Waals surface area contributed by atoms with Crippen LogP contribution < -0.4 is 15.0 Å². The molecular formula is C41H43ClFN3O6Si. The van der Waals surface area contributed by atoms with Gasteiger partial charge in [0.15, 0.2) is 5.60 Å². The molecule has 3 aliphatic rings. The van der Waals surface area contributed by atoms with Gasteiger partial charge in [-0.15, -0.1) is 0 Å². The molecule has 3 heterocycles. The second-order valence-corrected chi connectivity index (χ2v) is 19.0. The number of carbonyl (C=O) groups excluding carboxylic acids is 3. The zero-order valence-corrected chi connectivity index (χ0v) is 31.9. The fourth-order valence-electron chi connectivity index (χ4n) is 8.58. The van der Waals surface area contributed by atoms with Crippen molar-refractivity contribution < 1.29 is 33.1 Å². The average Bonchev–Trinajstić information content (AvgIpc) is 3.56. The molecule has 2 N–H and O–H groups in total. The van der Waals surface area contributed by atoms with Crippen LogP contribution in [0.1, 0.15) is 46.0 Å². The molecule has 276 valence electrons. The Morgan fingerprint density at radius 2 is 1.77 bits per heavy atom. The molecule has 1 saturated heterocycles. The summed E-state index contributed by atoms with van der Waals surface area (Å²) >= 11 is 6.56. The van der Waals surface area contributed by atoms with Crippen molar-refractivity contribution in [1.29, 1.82) is 0 Å². The minimum atomic E-state index is -3.56. The van der Waals surface area contributed by atoms with E-state index in [0.717, 1.165) is 16.7 Å². The highest BCUT2D eigenvalue weighted by molar-refractivity contribution is 6.72. The van der Waals surface area contributed by atoms with E-state index in [4.69, 9.17) is 21.1 Å². The largest absolute Gasteiger partial charge is 0.497 e. The molecule has 9 nitrogen and oxygen atoms in total. The molecule has 5 atom stereocenters. The van der Waals surface area contributed by atoms with E-state index in [1.807, 2.05) is 43.3 Å². The minimum absolute atomic E-state index is 0.130. The van der Waals surface area contributed by atoms with Crippen LogP contribution in [0.5, 0.6) is 5.75 Å². The van der Waals surface area contributed by atoms with Crippen LogP contribution in [0.25, 0.3) is 0 Å². The van der Waals surface area contributed by atoms with E-state index in [9.17, 15) is 19.5 Å². The van der Waals surface area contributed by atoms with Crippen molar-refractivity contribution in [2.75, 3.05) is 23.9 Å². The molecule has 0 aliphatic carbocycles. The highest BCUT2D eigenvalue weighted by atomic mass is 35.5. The molecule has 0 aromatic heterocycles. The summed E-state index contributed by atoms with van der Waals surface area (Å²) < 4.78 is 28.5. The van der Waals surface area contributed by atoms with Crippen molar-refractivity contribution in [1.82, 2.24) is 4.90 Å². The quantitative estimate of drug-likeness (QED) is 0.138. The number of nitrogens with one attached hydrogen (secondary N) is 1. The standard InChI is InChI=1S/C41H43ClFN3O6Si/c1-25-38(53(3,4)43)36(21-37(48)45-23-29-10-6-5-9-28(29)19-32(45)24-47)52-41(25)34-20-30(42)14-17-35(34)46(40(41)50)22-26-8-7-11-31(18-26)44-39(49)27-12-15-33(51-2)16-13-27/h5-18,20,25,32,36,38,47H,19,21-24H2,1-4H3,(H,44,49)/t25-,32+,36+,38-,41+/m1/s1. The lowest BCUT2D eigenvalue weighted by molar-refractivity contribution is -0.151. The fraction of sp³-hybridized carbons (Fsp3) is 0.341. The Balaban J connectivity index is 1.17. The Morgan fingerprint density at radius 3 is 2.47 bits per heavy atom. The summed E-state index contributed by atoms with van der Waals surface area (Å²) in [5.41, 5.74) is 2.74. The van der Waals surface area contributed by atoms with Gasteiger partial charge in [0.2, 0.25) is 14.3 Å². The predicted octanol–water partition coefficient (Wildman–Crippen LogP) is 7.26. The lowest BCUT2D eigenvalue weighted by Crippen LogP contribution is -2.48. The summed E-state index contributed by atoms with van der Waals surface area (Å²) in [7, 11) is -2.00. The van der Waals surface area contributed by atoms with Gasteiger partial charge in [-0.1, -0.05) is 54.9 Å². The monoisotopic (exact) mass is 755 g/mol. The van der Waals surface area contributed by atoms with Crippen molar-refractivity contribution >= 4 is 49.1 Å². The third kappa shape index (κ3) is 6.75. The molecule has 12 heteroatoms. The van der Waals surface area contributed by atoms with E-state index < -0.39 is 37.6 Å². The van der Waals surface area contributed by atoms with Crippen LogP contribution in [0.15, 0.2) is 91.0 Å². The van der Waals surface area contributed by atoms with Crippen LogP contribution in [0.3, 0.4) is 0 Å². The SMILES string of the molecule is COc1ccc(C(=O)Nc2cccc(CN3C(=O)[C@@]4(O[C@@H](CC(=O)N5Cc6ccccc6C[C@H]5CO)[C@H]([Si](C)(C)F)[C@H]4C)c4cc(Cl)ccc43)c2)cc1. The molecule has 0 unspecified atom stereocenters. The summed E-state index contributed by atoms with van der Waals surface area (Å²) in [6.45, 7) is 5.32. The van der Waals surface area contributed by atoms with Gasteiger partial charge in [0.1, 0.15) is 5.75 Å². The normalized spacial score (nSPS) is 23.6. The molecule has 0 bridgehead atoms. The molecule has 0 saturated carbocycles. The number of ether oxygens (including phenoxy) is 2. The molecule has 1 fully saturated rings. The molecule has 7 rings (SSSR count). The van der Waals surface area contributed by atoms with E-state index in [1.54, 1.807) is 84.6 Å². The van der Waals surface area contributed by atoms with E-state index in [1.165, 1.54) is 0 Å². The van der Waals surface area contributed by atoms with Crippen molar-refractivity contribution in [2.45, 2.75) is 69.2 Å². The molecule has 3 aliphatic heterocycles. The number of hydrogen-bond acceptors (Lipinski definition) is 6. The van der Waals surface area contributed by atoms with E-state index in [-0.39, 0.29) is 37.3 Å². The topological polar surface area (TPSA) is 108 Å².